The van der Waals surface area contributed by atoms with Crippen molar-refractivity contribution < 1.29 is 37.4 Å². The van der Waals surface area contributed by atoms with Gasteiger partial charge in [0.1, 0.15) is 5.75 Å². The van der Waals surface area contributed by atoms with Crippen LogP contribution in [0, 0.1) is 0 Å². The van der Waals surface area contributed by atoms with Gasteiger partial charge in [0.25, 0.3) is 5.91 Å². The summed E-state index contributed by atoms with van der Waals surface area (Å²) in [5.41, 5.74) is -1.13. The first-order valence-corrected chi connectivity index (χ1v) is 8.72. The molecule has 2 amide bonds. The Morgan fingerprint density at radius 1 is 1.13 bits per heavy atom. The number of rotatable bonds is 6. The van der Waals surface area contributed by atoms with Crippen LogP contribution in [-0.2, 0) is 20.5 Å². The number of halogens is 4. The minimum atomic E-state index is -4.69. The van der Waals surface area contributed by atoms with E-state index in [2.05, 4.69) is 5.32 Å². The van der Waals surface area contributed by atoms with E-state index in [1.807, 2.05) is 0 Å². The lowest BCUT2D eigenvalue weighted by Crippen LogP contribution is -2.37. The Morgan fingerprint density at radius 3 is 2.37 bits per heavy atom. The Labute approximate surface area is 174 Å². The van der Waals surface area contributed by atoms with Crippen LogP contribution in [0.3, 0.4) is 0 Å². The van der Waals surface area contributed by atoms with Crippen molar-refractivity contribution in [1.29, 1.82) is 0 Å². The van der Waals surface area contributed by atoms with Gasteiger partial charge in [-0.3, -0.25) is 9.59 Å². The van der Waals surface area contributed by atoms with Crippen LogP contribution in [0.1, 0.15) is 15.9 Å². The SMILES string of the molecule is CN(CC(=O)Nc1ccc(Cl)c(C(F)(F)F)c1)C(=O)COC(=O)c1ccc(O)cc1. The highest BCUT2D eigenvalue weighted by Crippen LogP contribution is 2.36. The predicted molar refractivity (Wildman–Crippen MR) is 101 cm³/mol. The van der Waals surface area contributed by atoms with Gasteiger partial charge in [-0.2, -0.15) is 13.2 Å². The van der Waals surface area contributed by atoms with Crippen LogP contribution in [0.2, 0.25) is 5.02 Å². The van der Waals surface area contributed by atoms with Crippen LogP contribution < -0.4 is 5.32 Å². The zero-order valence-corrected chi connectivity index (χ0v) is 16.3. The molecule has 0 atom stereocenters. The summed E-state index contributed by atoms with van der Waals surface area (Å²) in [5, 5.41) is 10.9. The first-order chi connectivity index (χ1) is 14.0. The van der Waals surface area contributed by atoms with Gasteiger partial charge >= 0.3 is 12.1 Å². The molecule has 2 aromatic rings. The number of likely N-dealkylation sites (N-methyl/N-ethyl adjacent to an activating group) is 1. The van der Waals surface area contributed by atoms with Gasteiger partial charge in [0.2, 0.25) is 5.91 Å². The van der Waals surface area contributed by atoms with Crippen molar-refractivity contribution in [3.63, 3.8) is 0 Å². The number of carbonyl (C=O) groups excluding carboxylic acids is 3. The number of nitrogens with one attached hydrogen (secondary N) is 1. The van der Waals surface area contributed by atoms with Gasteiger partial charge in [-0.15, -0.1) is 0 Å². The number of esters is 1. The van der Waals surface area contributed by atoms with Gasteiger partial charge in [0.05, 0.1) is 22.7 Å². The van der Waals surface area contributed by atoms with Gasteiger partial charge in [0.15, 0.2) is 6.61 Å². The summed E-state index contributed by atoms with van der Waals surface area (Å²) in [6.07, 6.45) is -4.69. The quantitative estimate of drug-likeness (QED) is 0.666. The molecule has 0 aliphatic carbocycles. The number of phenols is 1. The molecule has 0 fully saturated rings. The second kappa shape index (κ2) is 9.49. The van der Waals surface area contributed by atoms with Crippen molar-refractivity contribution in [2.24, 2.45) is 0 Å². The standard InChI is InChI=1S/C19H16ClF3N2O5/c1-25(17(28)10-30-18(29)11-2-5-13(26)6-3-11)9-16(27)24-12-4-7-15(20)14(8-12)19(21,22)23/h2-8,26H,9-10H2,1H3,(H,24,27). The van der Waals surface area contributed by atoms with Gasteiger partial charge in [-0.05, 0) is 42.5 Å². The molecule has 0 saturated heterocycles. The zero-order valence-electron chi connectivity index (χ0n) is 15.5. The Hall–Kier alpha value is -3.27. The number of aromatic hydroxyl groups is 1. The van der Waals surface area contributed by atoms with E-state index in [1.54, 1.807) is 0 Å². The van der Waals surface area contributed by atoms with Crippen molar-refractivity contribution >= 4 is 35.1 Å². The molecule has 0 aromatic heterocycles. The van der Waals surface area contributed by atoms with Gasteiger partial charge in [-0.25, -0.2) is 4.79 Å². The van der Waals surface area contributed by atoms with Gasteiger partial charge < -0.3 is 20.1 Å². The number of hydrogen-bond acceptors (Lipinski definition) is 5. The molecule has 2 rings (SSSR count). The van der Waals surface area contributed by atoms with E-state index in [1.165, 1.54) is 37.4 Å². The molecule has 2 N–H and O–H groups in total. The highest BCUT2D eigenvalue weighted by Gasteiger charge is 2.33. The molecule has 0 aliphatic rings. The van der Waals surface area contributed by atoms with E-state index in [0.29, 0.717) is 6.07 Å². The summed E-state index contributed by atoms with van der Waals surface area (Å²) in [6, 6.07) is 8.03. The molecular formula is C19H16ClF3N2O5. The number of ether oxygens (including phenoxy) is 1. The minimum absolute atomic E-state index is 0.0450. The van der Waals surface area contributed by atoms with E-state index < -0.39 is 47.7 Å². The Bertz CT molecular complexity index is 948. The van der Waals surface area contributed by atoms with Crippen LogP contribution in [0.25, 0.3) is 0 Å². The second-order valence-electron chi connectivity index (χ2n) is 6.11. The minimum Gasteiger partial charge on any atom is -0.508 e. The normalized spacial score (nSPS) is 11.0. The summed E-state index contributed by atoms with van der Waals surface area (Å²) in [6.45, 7) is -1.14. The van der Waals surface area contributed by atoms with E-state index in [4.69, 9.17) is 16.3 Å². The van der Waals surface area contributed by atoms with Crippen LogP contribution in [-0.4, -0.2) is 48.0 Å². The van der Waals surface area contributed by atoms with E-state index in [0.717, 1.165) is 11.0 Å². The molecule has 11 heteroatoms. The summed E-state index contributed by atoms with van der Waals surface area (Å²) >= 11 is 5.52. The number of benzene rings is 2. The lowest BCUT2D eigenvalue weighted by Gasteiger charge is -2.17. The molecule has 2 aromatic carbocycles. The van der Waals surface area contributed by atoms with Crippen molar-refractivity contribution in [1.82, 2.24) is 4.90 Å². The van der Waals surface area contributed by atoms with Crippen molar-refractivity contribution in [2.75, 3.05) is 25.5 Å². The topological polar surface area (TPSA) is 95.9 Å². The highest BCUT2D eigenvalue weighted by atomic mass is 35.5. The molecule has 0 unspecified atom stereocenters. The number of hydrogen-bond donors (Lipinski definition) is 2. The number of alkyl halides is 3. The van der Waals surface area contributed by atoms with Crippen molar-refractivity contribution in [3.8, 4) is 5.75 Å². The first kappa shape index (κ1) is 23.0. The van der Waals surface area contributed by atoms with Crippen LogP contribution in [0.5, 0.6) is 5.75 Å². The molecule has 0 heterocycles. The Balaban J connectivity index is 1.88. The van der Waals surface area contributed by atoms with Crippen LogP contribution in [0.15, 0.2) is 42.5 Å². The number of amides is 2. The lowest BCUT2D eigenvalue weighted by atomic mass is 10.2. The molecular weight excluding hydrogens is 429 g/mol. The Morgan fingerprint density at radius 2 is 1.77 bits per heavy atom. The van der Waals surface area contributed by atoms with Crippen molar-refractivity contribution in [3.05, 3.63) is 58.6 Å². The average Bonchev–Trinajstić information content (AvgIpc) is 2.66. The monoisotopic (exact) mass is 444 g/mol. The maximum atomic E-state index is 12.9. The third-order valence-electron chi connectivity index (χ3n) is 3.79. The summed E-state index contributed by atoms with van der Waals surface area (Å²) in [4.78, 5) is 36.8. The Kier molecular flexibility index (Phi) is 7.28. The fourth-order valence-corrected chi connectivity index (χ4v) is 2.47. The fraction of sp³-hybridized carbons (Fsp3) is 0.211. The first-order valence-electron chi connectivity index (χ1n) is 8.34. The molecule has 0 bridgehead atoms. The number of phenolic OH excluding ortho intramolecular Hbond substituents is 1. The molecule has 0 aliphatic heterocycles. The lowest BCUT2D eigenvalue weighted by molar-refractivity contribution is -0.137. The summed E-state index contributed by atoms with van der Waals surface area (Å²) in [5.74, 6) is -2.31. The predicted octanol–water partition coefficient (Wildman–Crippen LogP) is 3.32. The van der Waals surface area contributed by atoms with Gasteiger partial charge in [-0.1, -0.05) is 11.6 Å². The molecule has 0 radical (unpaired) electrons. The number of carbonyl (C=O) groups is 3. The number of anilines is 1. The molecule has 160 valence electrons. The largest absolute Gasteiger partial charge is 0.508 e. The van der Waals surface area contributed by atoms with Crippen LogP contribution in [0.4, 0.5) is 18.9 Å². The molecule has 30 heavy (non-hydrogen) atoms. The van der Waals surface area contributed by atoms with E-state index in [9.17, 15) is 32.7 Å². The van der Waals surface area contributed by atoms with Crippen molar-refractivity contribution in [2.45, 2.75) is 6.18 Å². The third-order valence-corrected chi connectivity index (χ3v) is 4.12. The van der Waals surface area contributed by atoms with Gasteiger partial charge in [0, 0.05) is 12.7 Å². The molecule has 7 nitrogen and oxygen atoms in total. The number of nitrogens with zero attached hydrogens (tertiary/aromatic N) is 1. The zero-order chi connectivity index (χ0) is 22.5. The smallest absolute Gasteiger partial charge is 0.417 e. The van der Waals surface area contributed by atoms with E-state index >= 15 is 0 Å². The maximum Gasteiger partial charge on any atom is 0.417 e. The summed E-state index contributed by atoms with van der Waals surface area (Å²) < 4.78 is 43.4. The summed E-state index contributed by atoms with van der Waals surface area (Å²) in [7, 11) is 1.26. The van der Waals surface area contributed by atoms with E-state index in [-0.39, 0.29) is 17.0 Å². The van der Waals surface area contributed by atoms with Crippen LogP contribution >= 0.6 is 11.6 Å². The molecule has 0 spiro atoms. The highest BCUT2D eigenvalue weighted by molar-refractivity contribution is 6.31. The fourth-order valence-electron chi connectivity index (χ4n) is 2.24. The molecule has 0 saturated carbocycles. The third kappa shape index (κ3) is 6.38. The second-order valence-corrected chi connectivity index (χ2v) is 6.52. The maximum absolute atomic E-state index is 12.9. The average molecular weight is 445 g/mol.